The predicted octanol–water partition coefficient (Wildman–Crippen LogP) is 2.46. The Bertz CT molecular complexity index is 603. The predicted molar refractivity (Wildman–Crippen MR) is 83.8 cm³/mol. The molecule has 2 aliphatic heterocycles. The Labute approximate surface area is 137 Å². The average molecular weight is 316 g/mol. The molecular formula is C17H24N4O2. The van der Waals surface area contributed by atoms with Crippen molar-refractivity contribution in [2.45, 2.75) is 58.3 Å². The Hall–Kier alpha value is -1.63. The number of aliphatic imine (C=N–C) groups is 1. The summed E-state index contributed by atoms with van der Waals surface area (Å²) in [6, 6.07) is 4.79. The first-order valence-electron chi connectivity index (χ1n) is 8.54. The third kappa shape index (κ3) is 1.47. The van der Waals surface area contributed by atoms with Gasteiger partial charge in [-0.1, -0.05) is 39.5 Å². The molecule has 6 heteroatoms. The van der Waals surface area contributed by atoms with Gasteiger partial charge in [0.2, 0.25) is 0 Å². The third-order valence-electron chi connectivity index (χ3n) is 5.99. The number of unbranched alkanes of at least 4 members (excludes halogenated alkanes) is 2. The van der Waals surface area contributed by atoms with Gasteiger partial charge in [-0.3, -0.25) is 0 Å². The summed E-state index contributed by atoms with van der Waals surface area (Å²) in [7, 11) is 0. The summed E-state index contributed by atoms with van der Waals surface area (Å²) in [6.07, 6.45) is 5.44. The van der Waals surface area contributed by atoms with Crippen LogP contribution in [0.25, 0.3) is 0 Å². The first-order chi connectivity index (χ1) is 11.1. The van der Waals surface area contributed by atoms with Crippen LogP contribution in [0.4, 0.5) is 0 Å². The zero-order chi connectivity index (χ0) is 16.8. The van der Waals surface area contributed by atoms with Gasteiger partial charge >= 0.3 is 0 Å². The molecule has 1 saturated carbocycles. The highest BCUT2D eigenvalue weighted by Crippen LogP contribution is 2.88. The lowest BCUT2D eigenvalue weighted by atomic mass is 9.80. The molecular weight excluding hydrogens is 292 g/mol. The SMILES string of the molecule is CCCCC1(CCCC)[C@@]2(C#N)C3(N=C(N)[C@@]12C#N)OCCO3. The van der Waals surface area contributed by atoms with Gasteiger partial charge in [-0.05, 0) is 12.8 Å². The molecule has 2 fully saturated rings. The van der Waals surface area contributed by atoms with Gasteiger partial charge in [0.05, 0.1) is 25.4 Å². The zero-order valence-corrected chi connectivity index (χ0v) is 13.9. The van der Waals surface area contributed by atoms with Crippen LogP contribution in [-0.2, 0) is 9.47 Å². The van der Waals surface area contributed by atoms with Crippen molar-refractivity contribution in [1.29, 1.82) is 10.5 Å². The molecule has 2 heterocycles. The molecule has 0 amide bonds. The molecule has 124 valence electrons. The Morgan fingerprint density at radius 3 is 2.09 bits per heavy atom. The molecule has 1 spiro atoms. The molecule has 0 bridgehead atoms. The lowest BCUT2D eigenvalue weighted by molar-refractivity contribution is -0.193. The fraction of sp³-hybridized carbons (Fsp3) is 0.824. The van der Waals surface area contributed by atoms with Gasteiger partial charge in [-0.25, -0.2) is 4.99 Å². The first kappa shape index (κ1) is 16.2. The van der Waals surface area contributed by atoms with Crippen molar-refractivity contribution in [1.82, 2.24) is 0 Å². The maximum atomic E-state index is 10.2. The topological polar surface area (TPSA) is 104 Å². The van der Waals surface area contributed by atoms with Gasteiger partial charge in [0.1, 0.15) is 11.3 Å². The molecule has 0 aromatic rings. The third-order valence-corrected chi connectivity index (χ3v) is 5.99. The van der Waals surface area contributed by atoms with E-state index < -0.39 is 22.2 Å². The lowest BCUT2D eigenvalue weighted by Gasteiger charge is -2.31. The molecule has 1 aliphatic carbocycles. The van der Waals surface area contributed by atoms with Crippen molar-refractivity contribution in [3.8, 4) is 12.1 Å². The van der Waals surface area contributed by atoms with Crippen molar-refractivity contribution >= 4 is 5.84 Å². The van der Waals surface area contributed by atoms with E-state index in [1.165, 1.54) is 0 Å². The van der Waals surface area contributed by atoms with E-state index in [1.807, 2.05) is 0 Å². The molecule has 2 atom stereocenters. The van der Waals surface area contributed by atoms with Gasteiger partial charge in [0.15, 0.2) is 5.41 Å². The fourth-order valence-corrected chi connectivity index (χ4v) is 5.02. The quantitative estimate of drug-likeness (QED) is 0.810. The summed E-state index contributed by atoms with van der Waals surface area (Å²) in [5, 5.41) is 20.2. The summed E-state index contributed by atoms with van der Waals surface area (Å²) >= 11 is 0. The lowest BCUT2D eigenvalue weighted by Crippen LogP contribution is -2.41. The highest BCUT2D eigenvalue weighted by molar-refractivity contribution is 6.00. The van der Waals surface area contributed by atoms with Crippen molar-refractivity contribution in [2.75, 3.05) is 13.2 Å². The molecule has 0 aromatic heterocycles. The molecule has 23 heavy (non-hydrogen) atoms. The summed E-state index contributed by atoms with van der Waals surface area (Å²) in [5.41, 5.74) is 3.50. The van der Waals surface area contributed by atoms with Gasteiger partial charge in [-0.2, -0.15) is 10.5 Å². The standard InChI is InChI=1S/C17H24N4O2/c1-3-5-7-14(8-6-4-2)15(11-18)13(20)21-17(16(14,15)12-19)22-9-10-23-17/h3-10H2,1-2H3,(H2,20,21)/t15-,16+/m0/s1. The zero-order valence-electron chi connectivity index (χ0n) is 13.9. The Balaban J connectivity index is 2.15. The van der Waals surface area contributed by atoms with Gasteiger partial charge in [0.25, 0.3) is 5.91 Å². The van der Waals surface area contributed by atoms with Gasteiger partial charge < -0.3 is 15.2 Å². The number of hydrogen-bond acceptors (Lipinski definition) is 6. The smallest absolute Gasteiger partial charge is 0.293 e. The van der Waals surface area contributed by atoms with E-state index in [0.717, 1.165) is 38.5 Å². The van der Waals surface area contributed by atoms with E-state index in [4.69, 9.17) is 15.2 Å². The molecule has 0 aromatic carbocycles. The van der Waals surface area contributed by atoms with E-state index in [0.29, 0.717) is 13.2 Å². The maximum absolute atomic E-state index is 10.2. The molecule has 2 N–H and O–H groups in total. The second kappa shape index (κ2) is 5.19. The highest BCUT2D eigenvalue weighted by Gasteiger charge is 3.00. The number of ether oxygens (including phenoxy) is 2. The van der Waals surface area contributed by atoms with Crippen LogP contribution < -0.4 is 5.73 Å². The van der Waals surface area contributed by atoms with Crippen molar-refractivity contribution in [3.05, 3.63) is 0 Å². The van der Waals surface area contributed by atoms with Gasteiger partial charge in [0, 0.05) is 5.41 Å². The minimum atomic E-state index is -1.39. The Kier molecular flexibility index (Phi) is 3.66. The second-order valence-corrected chi connectivity index (χ2v) is 6.79. The minimum absolute atomic E-state index is 0.218. The van der Waals surface area contributed by atoms with E-state index >= 15 is 0 Å². The second-order valence-electron chi connectivity index (χ2n) is 6.79. The molecule has 1 saturated heterocycles. The number of rotatable bonds is 6. The van der Waals surface area contributed by atoms with Crippen LogP contribution in [0.1, 0.15) is 52.4 Å². The van der Waals surface area contributed by atoms with E-state index in [1.54, 1.807) is 0 Å². The number of hydrogen-bond donors (Lipinski definition) is 1. The van der Waals surface area contributed by atoms with Crippen molar-refractivity contribution in [3.63, 3.8) is 0 Å². The van der Waals surface area contributed by atoms with Crippen molar-refractivity contribution < 1.29 is 9.47 Å². The van der Waals surface area contributed by atoms with Crippen LogP contribution in [0, 0.1) is 38.9 Å². The molecule has 0 radical (unpaired) electrons. The summed E-state index contributed by atoms with van der Waals surface area (Å²) in [4.78, 5) is 4.35. The summed E-state index contributed by atoms with van der Waals surface area (Å²) in [5.74, 6) is -1.17. The van der Waals surface area contributed by atoms with Crippen LogP contribution in [0.3, 0.4) is 0 Å². The number of fused-ring (bicyclic) bond motifs is 2. The monoisotopic (exact) mass is 316 g/mol. The molecule has 0 unspecified atom stereocenters. The largest absolute Gasteiger partial charge is 0.386 e. The molecule has 3 aliphatic rings. The van der Waals surface area contributed by atoms with Crippen molar-refractivity contribution in [2.24, 2.45) is 27.0 Å². The number of amidine groups is 1. The van der Waals surface area contributed by atoms with Crippen LogP contribution >= 0.6 is 0 Å². The Morgan fingerprint density at radius 1 is 1.09 bits per heavy atom. The Morgan fingerprint density at radius 2 is 1.65 bits per heavy atom. The molecule has 3 rings (SSSR count). The number of nitrogens with zero attached hydrogens (tertiary/aromatic N) is 3. The first-order valence-corrected chi connectivity index (χ1v) is 8.54. The van der Waals surface area contributed by atoms with E-state index in [2.05, 4.69) is 31.0 Å². The van der Waals surface area contributed by atoms with Crippen LogP contribution in [0.2, 0.25) is 0 Å². The normalized spacial score (nSPS) is 35.4. The summed E-state index contributed by atoms with van der Waals surface area (Å²) < 4.78 is 11.6. The van der Waals surface area contributed by atoms with Gasteiger partial charge in [-0.15, -0.1) is 0 Å². The van der Waals surface area contributed by atoms with Crippen LogP contribution in [-0.4, -0.2) is 25.0 Å². The fourth-order valence-electron chi connectivity index (χ4n) is 5.02. The van der Waals surface area contributed by atoms with Crippen LogP contribution in [0.15, 0.2) is 4.99 Å². The van der Waals surface area contributed by atoms with E-state index in [9.17, 15) is 10.5 Å². The van der Waals surface area contributed by atoms with E-state index in [-0.39, 0.29) is 5.84 Å². The van der Waals surface area contributed by atoms with Crippen LogP contribution in [0.5, 0.6) is 0 Å². The number of nitriles is 2. The highest BCUT2D eigenvalue weighted by atomic mass is 16.8. The molecule has 6 nitrogen and oxygen atoms in total. The average Bonchev–Trinajstić information content (AvgIpc) is 2.81. The minimum Gasteiger partial charge on any atom is -0.386 e. The maximum Gasteiger partial charge on any atom is 0.293 e. The summed E-state index contributed by atoms with van der Waals surface area (Å²) in [6.45, 7) is 4.97. The number of nitrogens with two attached hydrogens (primary N) is 1.